The van der Waals surface area contributed by atoms with Gasteiger partial charge in [-0.1, -0.05) is 30.5 Å². The molecule has 0 unspecified atom stereocenters. The number of carbonyl (C=O) groups is 1. The number of hydrogen-bond acceptors (Lipinski definition) is 9. The van der Waals surface area contributed by atoms with Crippen molar-refractivity contribution in [3.63, 3.8) is 0 Å². The monoisotopic (exact) mass is 569 g/mol. The lowest BCUT2D eigenvalue weighted by molar-refractivity contribution is -0.129. The fourth-order valence-electron chi connectivity index (χ4n) is 4.99. The van der Waals surface area contributed by atoms with Crippen molar-refractivity contribution in [1.82, 2.24) is 15.3 Å². The molecule has 3 aliphatic rings. The number of amidine groups is 1. The summed E-state index contributed by atoms with van der Waals surface area (Å²) >= 11 is 6.25. The molecule has 40 heavy (non-hydrogen) atoms. The average molecular weight is 570 g/mol. The minimum Gasteiger partial charge on any atom is -0.490 e. The molecule has 0 aromatic heterocycles. The van der Waals surface area contributed by atoms with E-state index in [9.17, 15) is 4.79 Å². The van der Waals surface area contributed by atoms with E-state index in [1.807, 2.05) is 41.6 Å². The smallest absolute Gasteiger partial charge is 0.243 e. The molecule has 1 fully saturated rings. The summed E-state index contributed by atoms with van der Waals surface area (Å²) in [5.74, 6) is 1.80. The SMILES string of the molecule is O=C(CCCCCCOc1cc2c(cc1OCCCN1CCOCC1)N=CN1Cc3ccc(Cl)cc3N=C21)NO. The van der Waals surface area contributed by atoms with Crippen LogP contribution >= 0.6 is 11.6 Å². The number of hydrogen-bond donors (Lipinski definition) is 2. The van der Waals surface area contributed by atoms with Crippen LogP contribution in [0.3, 0.4) is 0 Å². The van der Waals surface area contributed by atoms with Gasteiger partial charge in [0.15, 0.2) is 11.5 Å². The Balaban J connectivity index is 1.27. The third-order valence-electron chi connectivity index (χ3n) is 7.19. The summed E-state index contributed by atoms with van der Waals surface area (Å²) in [6.07, 6.45) is 6.40. The Bertz CT molecular complexity index is 1250. The lowest BCUT2D eigenvalue weighted by Crippen LogP contribution is -2.37. The number of morpholine rings is 1. The van der Waals surface area contributed by atoms with Crippen molar-refractivity contribution in [2.24, 2.45) is 9.98 Å². The minimum atomic E-state index is -0.354. The van der Waals surface area contributed by atoms with Crippen LogP contribution < -0.4 is 15.0 Å². The highest BCUT2D eigenvalue weighted by atomic mass is 35.5. The second-order valence-corrected chi connectivity index (χ2v) is 10.5. The number of amides is 1. The lowest BCUT2D eigenvalue weighted by atomic mass is 10.0. The number of nitrogens with zero attached hydrogens (tertiary/aromatic N) is 4. The van der Waals surface area contributed by atoms with Crippen LogP contribution in [0.15, 0.2) is 40.3 Å². The Morgan fingerprint density at radius 1 is 1.00 bits per heavy atom. The number of benzene rings is 2. The average Bonchev–Trinajstić information content (AvgIpc) is 2.98. The van der Waals surface area contributed by atoms with Gasteiger partial charge in [0.25, 0.3) is 0 Å². The van der Waals surface area contributed by atoms with Gasteiger partial charge in [-0.25, -0.2) is 15.5 Å². The molecule has 214 valence electrons. The third-order valence-corrected chi connectivity index (χ3v) is 7.42. The topological polar surface area (TPSA) is 108 Å². The maximum Gasteiger partial charge on any atom is 0.243 e. The van der Waals surface area contributed by atoms with Crippen molar-refractivity contribution in [3.8, 4) is 11.5 Å². The quantitative estimate of drug-likeness (QED) is 0.202. The van der Waals surface area contributed by atoms with E-state index in [2.05, 4.69) is 4.90 Å². The van der Waals surface area contributed by atoms with E-state index >= 15 is 0 Å². The van der Waals surface area contributed by atoms with Gasteiger partial charge < -0.3 is 19.1 Å². The predicted molar refractivity (Wildman–Crippen MR) is 154 cm³/mol. The molecule has 1 amide bonds. The molecule has 2 aromatic rings. The van der Waals surface area contributed by atoms with Crippen molar-refractivity contribution in [2.45, 2.75) is 45.1 Å². The molecule has 0 bridgehead atoms. The highest BCUT2D eigenvalue weighted by Crippen LogP contribution is 2.40. The Morgan fingerprint density at radius 2 is 1.77 bits per heavy atom. The van der Waals surface area contributed by atoms with Crippen molar-refractivity contribution < 1.29 is 24.2 Å². The normalized spacial score (nSPS) is 16.1. The van der Waals surface area contributed by atoms with E-state index in [0.717, 1.165) is 93.3 Å². The summed E-state index contributed by atoms with van der Waals surface area (Å²) in [7, 11) is 0. The maximum atomic E-state index is 11.2. The summed E-state index contributed by atoms with van der Waals surface area (Å²) in [6, 6.07) is 9.69. The van der Waals surface area contributed by atoms with Crippen molar-refractivity contribution in [2.75, 3.05) is 46.1 Å². The molecule has 5 rings (SSSR count). The predicted octanol–water partition coefficient (Wildman–Crippen LogP) is 4.84. The number of ether oxygens (including phenoxy) is 3. The molecule has 3 aliphatic heterocycles. The highest BCUT2D eigenvalue weighted by Gasteiger charge is 2.27. The van der Waals surface area contributed by atoms with E-state index in [4.69, 9.17) is 41.0 Å². The zero-order valence-electron chi connectivity index (χ0n) is 22.6. The summed E-state index contributed by atoms with van der Waals surface area (Å²) < 4.78 is 17.9. The molecule has 0 atom stereocenters. The van der Waals surface area contributed by atoms with Gasteiger partial charge in [0.2, 0.25) is 5.91 Å². The van der Waals surface area contributed by atoms with E-state index in [-0.39, 0.29) is 5.91 Å². The van der Waals surface area contributed by atoms with Gasteiger partial charge in [-0.05, 0) is 43.0 Å². The van der Waals surface area contributed by atoms with Crippen LogP contribution in [0, 0.1) is 0 Å². The Labute approximate surface area is 239 Å². The highest BCUT2D eigenvalue weighted by molar-refractivity contribution is 6.31. The van der Waals surface area contributed by atoms with Crippen LogP contribution in [0.25, 0.3) is 0 Å². The number of unbranched alkanes of at least 4 members (excludes halogenated alkanes) is 3. The van der Waals surface area contributed by atoms with Crippen LogP contribution in [-0.2, 0) is 16.1 Å². The summed E-state index contributed by atoms with van der Waals surface area (Å²) in [5, 5.41) is 9.28. The molecular formula is C29H36ClN5O5. The van der Waals surface area contributed by atoms with Crippen molar-refractivity contribution in [3.05, 3.63) is 46.5 Å². The fourth-order valence-corrected chi connectivity index (χ4v) is 5.16. The number of hydroxylamine groups is 1. The zero-order chi connectivity index (χ0) is 27.7. The standard InChI is InChI=1S/C29H36ClN5O5/c30-22-8-7-21-19-35-20-31-25-18-27(40-13-5-9-34-10-14-38-15-11-34)26(17-23(25)29(35)32-24(21)16-22)39-12-4-2-1-3-6-28(36)33-37/h7-8,16-18,20,37H,1-6,9-15,19H2,(H,33,36). The molecule has 0 aliphatic carbocycles. The number of aliphatic imine (C=N–C) groups is 2. The van der Waals surface area contributed by atoms with Crippen molar-refractivity contribution >= 4 is 41.1 Å². The zero-order valence-corrected chi connectivity index (χ0v) is 23.4. The van der Waals surface area contributed by atoms with E-state index in [1.54, 1.807) is 5.48 Å². The molecule has 0 spiro atoms. The van der Waals surface area contributed by atoms with Gasteiger partial charge in [-0.2, -0.15) is 0 Å². The van der Waals surface area contributed by atoms with Gasteiger partial charge in [0.05, 0.1) is 50.7 Å². The molecule has 2 aromatic carbocycles. The number of rotatable bonds is 13. The van der Waals surface area contributed by atoms with Gasteiger partial charge in [-0.15, -0.1) is 0 Å². The van der Waals surface area contributed by atoms with Crippen molar-refractivity contribution in [1.29, 1.82) is 0 Å². The Hall–Kier alpha value is -3.18. The van der Waals surface area contributed by atoms with Gasteiger partial charge >= 0.3 is 0 Å². The van der Waals surface area contributed by atoms with Gasteiger partial charge in [0.1, 0.15) is 5.84 Å². The first-order valence-corrected chi connectivity index (χ1v) is 14.3. The van der Waals surface area contributed by atoms with Crippen LogP contribution in [0.2, 0.25) is 5.02 Å². The number of halogens is 1. The first-order chi connectivity index (χ1) is 19.6. The molecule has 1 saturated heterocycles. The summed E-state index contributed by atoms with van der Waals surface area (Å²) in [6.45, 7) is 6.21. The molecular weight excluding hydrogens is 534 g/mol. The first-order valence-electron chi connectivity index (χ1n) is 14.0. The van der Waals surface area contributed by atoms with Crippen LogP contribution in [0.1, 0.15) is 49.7 Å². The van der Waals surface area contributed by atoms with E-state index < -0.39 is 0 Å². The molecule has 3 heterocycles. The molecule has 2 N–H and O–H groups in total. The molecule has 10 nitrogen and oxygen atoms in total. The van der Waals surface area contributed by atoms with Crippen LogP contribution in [0.4, 0.5) is 11.4 Å². The van der Waals surface area contributed by atoms with Crippen LogP contribution in [0.5, 0.6) is 11.5 Å². The first kappa shape index (κ1) is 28.4. The van der Waals surface area contributed by atoms with Gasteiger partial charge in [0, 0.05) is 42.7 Å². The molecule has 0 radical (unpaired) electrons. The second-order valence-electron chi connectivity index (χ2n) is 10.1. The van der Waals surface area contributed by atoms with E-state index in [0.29, 0.717) is 42.7 Å². The second kappa shape index (κ2) is 13.9. The Kier molecular flexibility index (Phi) is 9.88. The number of fused-ring (bicyclic) bond motifs is 4. The minimum absolute atomic E-state index is 0.318. The number of nitrogens with one attached hydrogen (secondary N) is 1. The van der Waals surface area contributed by atoms with Gasteiger partial charge in [-0.3, -0.25) is 14.9 Å². The molecule has 0 saturated carbocycles. The Morgan fingerprint density at radius 3 is 2.60 bits per heavy atom. The fraction of sp³-hybridized carbons (Fsp3) is 0.483. The maximum absolute atomic E-state index is 11.2. The number of carbonyl (C=O) groups excluding carboxylic acids is 1. The largest absolute Gasteiger partial charge is 0.490 e. The molecule has 11 heteroatoms. The van der Waals surface area contributed by atoms with E-state index in [1.165, 1.54) is 0 Å². The summed E-state index contributed by atoms with van der Waals surface area (Å²) in [5.41, 5.74) is 5.31. The lowest BCUT2D eigenvalue weighted by Gasteiger charge is -2.31. The third kappa shape index (κ3) is 7.31. The van der Waals surface area contributed by atoms with Crippen LogP contribution in [-0.4, -0.2) is 79.2 Å². The summed E-state index contributed by atoms with van der Waals surface area (Å²) in [4.78, 5) is 25.2.